The van der Waals surface area contributed by atoms with Crippen molar-refractivity contribution >= 4 is 5.97 Å². The Hall–Kier alpha value is -0.610. The standard InChI is InChI=1S/C47H84NO3/c1-11-12-13-14-15-16-17-18-19-20-21-22-33-48(9,10)34-39(49)50-38-26-27-44(6)36(43(38,4)5)25-28-46(8)37(44)24-23-35-40-41-42(2,3)29-31-47(40,51-41)32-30-45(35,46)7/h35-38,40-41H,11-34H2,1-10H3/q+1/t35-,36+,37-,38+,40+,41-,44+,45-,46-,47+/m1/s1. The lowest BCUT2D eigenvalue weighted by Gasteiger charge is -2.77. The number of hydrogen-bond acceptors (Lipinski definition) is 3. The number of unbranched alkanes of at least 4 members (excludes halogenated alkanes) is 11. The van der Waals surface area contributed by atoms with Crippen LogP contribution in [0.3, 0.4) is 0 Å². The molecule has 2 saturated heterocycles. The SMILES string of the molecule is CCCCCCCCCCCCCC[N+](C)(C)CC(=O)O[C@H]1CC[C@]2(C)[C@H]3CC[C@@H]4[C@H]5[C@H]6O[C@@]5(CCC6(C)C)CC[C@@]4(C)[C@]3(C)CC[C@H]2C1(C)C. The molecule has 10 atom stereocenters. The first-order valence-electron chi connectivity index (χ1n) is 22.7. The molecule has 294 valence electrons. The van der Waals surface area contributed by atoms with Gasteiger partial charge in [-0.25, -0.2) is 4.79 Å². The molecular formula is C47H84NO3+. The zero-order valence-corrected chi connectivity index (χ0v) is 35.6. The van der Waals surface area contributed by atoms with Crippen molar-refractivity contribution in [2.45, 2.75) is 214 Å². The summed E-state index contributed by atoms with van der Waals surface area (Å²) in [6, 6.07) is 0. The second-order valence-corrected chi connectivity index (χ2v) is 22.3. The van der Waals surface area contributed by atoms with E-state index in [-0.39, 0.29) is 23.1 Å². The summed E-state index contributed by atoms with van der Waals surface area (Å²) in [6.45, 7) is 21.9. The summed E-state index contributed by atoms with van der Waals surface area (Å²) in [4.78, 5) is 13.6. The number of likely N-dealkylation sites (N-methyl/N-ethyl adjacent to an activating group) is 1. The lowest BCUT2D eigenvalue weighted by molar-refractivity contribution is -0.883. The van der Waals surface area contributed by atoms with Crippen LogP contribution in [0, 0.1) is 50.7 Å². The van der Waals surface area contributed by atoms with Gasteiger partial charge in [-0.05, 0) is 116 Å². The first-order valence-corrected chi connectivity index (χ1v) is 22.7. The Bertz CT molecular complexity index is 1200. The van der Waals surface area contributed by atoms with Crippen LogP contribution in [0.4, 0.5) is 0 Å². The van der Waals surface area contributed by atoms with E-state index in [2.05, 4.69) is 69.5 Å². The molecule has 4 heteroatoms. The van der Waals surface area contributed by atoms with Gasteiger partial charge in [0.05, 0.1) is 32.3 Å². The van der Waals surface area contributed by atoms with Crippen LogP contribution in [0.1, 0.15) is 197 Å². The normalized spacial score (nSPS) is 42.1. The van der Waals surface area contributed by atoms with E-state index in [1.807, 2.05) is 0 Å². The average Bonchev–Trinajstić information content (AvgIpc) is 3.03. The molecule has 0 unspecified atom stereocenters. The monoisotopic (exact) mass is 711 g/mol. The predicted molar refractivity (Wildman–Crippen MR) is 212 cm³/mol. The highest BCUT2D eigenvalue weighted by Crippen LogP contribution is 2.78. The van der Waals surface area contributed by atoms with Crippen LogP contribution in [-0.2, 0) is 14.3 Å². The molecule has 0 aromatic heterocycles. The number of rotatable bonds is 16. The van der Waals surface area contributed by atoms with Crippen molar-refractivity contribution < 1.29 is 18.8 Å². The van der Waals surface area contributed by atoms with E-state index in [1.165, 1.54) is 135 Å². The van der Waals surface area contributed by atoms with E-state index in [0.717, 1.165) is 35.2 Å². The van der Waals surface area contributed by atoms with Gasteiger partial charge in [-0.1, -0.05) is 120 Å². The van der Waals surface area contributed by atoms with E-state index in [0.29, 0.717) is 40.2 Å². The number of carbonyl (C=O) groups is 1. The van der Waals surface area contributed by atoms with E-state index >= 15 is 0 Å². The largest absolute Gasteiger partial charge is 0.458 e. The molecule has 0 N–H and O–H groups in total. The molecule has 0 amide bonds. The fourth-order valence-electron chi connectivity index (χ4n) is 14.8. The summed E-state index contributed by atoms with van der Waals surface area (Å²) < 4.78 is 14.2. The van der Waals surface area contributed by atoms with Gasteiger partial charge in [0.15, 0.2) is 6.54 Å². The Balaban J connectivity index is 0.991. The maximum absolute atomic E-state index is 13.6. The van der Waals surface area contributed by atoms with Crippen LogP contribution >= 0.6 is 0 Å². The molecule has 6 rings (SSSR count). The van der Waals surface area contributed by atoms with Gasteiger partial charge < -0.3 is 14.0 Å². The number of quaternary nitrogens is 1. The second kappa shape index (κ2) is 14.8. The summed E-state index contributed by atoms with van der Waals surface area (Å²) in [5.41, 5.74) is 1.64. The number of fused-ring (bicyclic) bond motifs is 8. The first kappa shape index (κ1) is 40.1. The van der Waals surface area contributed by atoms with Crippen molar-refractivity contribution in [3.8, 4) is 0 Å². The fourth-order valence-corrected chi connectivity index (χ4v) is 14.8. The van der Waals surface area contributed by atoms with Crippen LogP contribution < -0.4 is 0 Å². The lowest BCUT2D eigenvalue weighted by atomic mass is 9.31. The zero-order chi connectivity index (χ0) is 36.9. The van der Waals surface area contributed by atoms with Crippen molar-refractivity contribution in [3.63, 3.8) is 0 Å². The first-order chi connectivity index (χ1) is 24.0. The average molecular weight is 711 g/mol. The van der Waals surface area contributed by atoms with Crippen molar-refractivity contribution in [1.29, 1.82) is 0 Å². The van der Waals surface area contributed by atoms with Gasteiger partial charge in [0, 0.05) is 11.3 Å². The quantitative estimate of drug-likeness (QED) is 0.0909. The third-order valence-electron chi connectivity index (χ3n) is 18.1. The summed E-state index contributed by atoms with van der Waals surface area (Å²) >= 11 is 0. The number of esters is 1. The van der Waals surface area contributed by atoms with Crippen molar-refractivity contribution in [1.82, 2.24) is 0 Å². The predicted octanol–water partition coefficient (Wildman–Crippen LogP) is 12.3. The Labute approximate surface area is 316 Å². The van der Waals surface area contributed by atoms with Crippen molar-refractivity contribution in [2.75, 3.05) is 27.2 Å². The van der Waals surface area contributed by atoms with Gasteiger partial charge in [-0.2, -0.15) is 0 Å². The van der Waals surface area contributed by atoms with Crippen molar-refractivity contribution in [3.05, 3.63) is 0 Å². The Morgan fingerprint density at radius 1 is 0.667 bits per heavy atom. The van der Waals surface area contributed by atoms with E-state index in [1.54, 1.807) is 0 Å². The van der Waals surface area contributed by atoms with Crippen LogP contribution in [0.5, 0.6) is 0 Å². The molecule has 6 aliphatic rings. The highest BCUT2D eigenvalue weighted by molar-refractivity contribution is 5.70. The molecule has 2 aliphatic heterocycles. The minimum absolute atomic E-state index is 0.00782. The molecule has 0 aromatic carbocycles. The maximum atomic E-state index is 13.6. The Morgan fingerprint density at radius 2 is 1.27 bits per heavy atom. The number of nitrogens with zero attached hydrogens (tertiary/aromatic N) is 1. The van der Waals surface area contributed by atoms with Crippen LogP contribution in [0.15, 0.2) is 0 Å². The summed E-state index contributed by atoms with van der Waals surface area (Å²) in [7, 11) is 4.47. The number of hydrogen-bond donors (Lipinski definition) is 0. The van der Waals surface area contributed by atoms with E-state index < -0.39 is 0 Å². The summed E-state index contributed by atoms with van der Waals surface area (Å²) in [6.07, 6.45) is 29.9. The zero-order valence-electron chi connectivity index (χ0n) is 35.6. The fraction of sp³-hybridized carbons (Fsp3) is 0.979. The van der Waals surface area contributed by atoms with Crippen molar-refractivity contribution in [2.24, 2.45) is 50.7 Å². The molecule has 6 fully saturated rings. The summed E-state index contributed by atoms with van der Waals surface area (Å²) in [5, 5.41) is 0. The maximum Gasteiger partial charge on any atom is 0.362 e. The van der Waals surface area contributed by atoms with Crippen LogP contribution in [0.25, 0.3) is 0 Å². The smallest absolute Gasteiger partial charge is 0.362 e. The van der Waals surface area contributed by atoms with Gasteiger partial charge in [-0.15, -0.1) is 0 Å². The van der Waals surface area contributed by atoms with Crippen LogP contribution in [-0.4, -0.2) is 55.4 Å². The Kier molecular flexibility index (Phi) is 11.6. The van der Waals surface area contributed by atoms with Crippen LogP contribution in [0.2, 0.25) is 0 Å². The summed E-state index contributed by atoms with van der Waals surface area (Å²) in [5.74, 6) is 2.99. The second-order valence-electron chi connectivity index (χ2n) is 22.3. The Morgan fingerprint density at radius 3 is 1.90 bits per heavy atom. The highest BCUT2D eigenvalue weighted by atomic mass is 16.5. The molecule has 0 radical (unpaired) electrons. The molecular weight excluding hydrogens is 627 g/mol. The molecule has 0 aromatic rings. The molecule has 1 spiro atoms. The molecule has 2 bridgehead atoms. The molecule has 51 heavy (non-hydrogen) atoms. The highest BCUT2D eigenvalue weighted by Gasteiger charge is 2.75. The molecule has 4 aliphatic carbocycles. The molecule has 2 heterocycles. The topological polar surface area (TPSA) is 35.5 Å². The van der Waals surface area contributed by atoms with Gasteiger partial charge >= 0.3 is 5.97 Å². The minimum Gasteiger partial charge on any atom is -0.458 e. The number of ether oxygens (including phenoxy) is 2. The molecule has 4 saturated carbocycles. The van der Waals surface area contributed by atoms with Gasteiger partial charge in [0.2, 0.25) is 0 Å². The lowest BCUT2D eigenvalue weighted by Crippen LogP contribution is -2.77. The third kappa shape index (κ3) is 7.17. The van der Waals surface area contributed by atoms with E-state index in [4.69, 9.17) is 9.47 Å². The van der Waals surface area contributed by atoms with Gasteiger partial charge in [0.25, 0.3) is 0 Å². The molecule has 4 nitrogen and oxygen atoms in total. The third-order valence-corrected chi connectivity index (χ3v) is 18.1. The van der Waals surface area contributed by atoms with E-state index in [9.17, 15) is 4.79 Å². The van der Waals surface area contributed by atoms with Gasteiger partial charge in [-0.3, -0.25) is 0 Å². The van der Waals surface area contributed by atoms with Gasteiger partial charge in [0.1, 0.15) is 6.10 Å². The minimum atomic E-state index is 0.00782. The number of carbonyl (C=O) groups excluding carboxylic acids is 1.